The van der Waals surface area contributed by atoms with E-state index in [4.69, 9.17) is 4.74 Å². The quantitative estimate of drug-likeness (QED) is 0.431. The number of nitrogens with one attached hydrogen (secondary N) is 1. The molecule has 37 heavy (non-hydrogen) atoms. The molecule has 0 aromatic carbocycles. The normalized spacial score (nSPS) is 26.5. The second-order valence-corrected chi connectivity index (χ2v) is 9.95. The van der Waals surface area contributed by atoms with Gasteiger partial charge in [0, 0.05) is 31.2 Å². The predicted molar refractivity (Wildman–Crippen MR) is 129 cm³/mol. The zero-order valence-electron chi connectivity index (χ0n) is 20.5. The molecular formula is C24H30F3N7O3. The van der Waals surface area contributed by atoms with Gasteiger partial charge in [0.15, 0.2) is 11.5 Å². The Morgan fingerprint density at radius 2 is 1.95 bits per heavy atom. The third-order valence-electron chi connectivity index (χ3n) is 7.06. The lowest BCUT2D eigenvalue weighted by Gasteiger charge is -2.19. The van der Waals surface area contributed by atoms with Gasteiger partial charge in [-0.2, -0.15) is 13.2 Å². The van der Waals surface area contributed by atoms with E-state index in [1.54, 1.807) is 10.9 Å². The molecule has 0 radical (unpaired) electrons. The van der Waals surface area contributed by atoms with Crippen LogP contribution in [-0.2, 0) is 10.9 Å². The first-order valence-corrected chi connectivity index (χ1v) is 12.3. The summed E-state index contributed by atoms with van der Waals surface area (Å²) in [5.74, 6) is 0.811. The summed E-state index contributed by atoms with van der Waals surface area (Å²) in [5, 5.41) is 24.7. The number of hydrogen-bond acceptors (Lipinski definition) is 9. The summed E-state index contributed by atoms with van der Waals surface area (Å²) in [6.45, 7) is 5.37. The van der Waals surface area contributed by atoms with E-state index in [1.807, 2.05) is 18.7 Å². The molecule has 10 nitrogen and oxygen atoms in total. The Morgan fingerprint density at radius 3 is 2.65 bits per heavy atom. The van der Waals surface area contributed by atoms with Gasteiger partial charge < -0.3 is 29.7 Å². The highest BCUT2D eigenvalue weighted by atomic mass is 19.4. The van der Waals surface area contributed by atoms with Crippen LogP contribution in [0.15, 0.2) is 31.0 Å². The second kappa shape index (κ2) is 10.0. The van der Waals surface area contributed by atoms with E-state index in [9.17, 15) is 23.4 Å². The molecule has 3 aromatic rings. The Kier molecular flexibility index (Phi) is 6.94. The number of nitrogens with zero attached hydrogens (tertiary/aromatic N) is 6. The summed E-state index contributed by atoms with van der Waals surface area (Å²) in [7, 11) is 0. The van der Waals surface area contributed by atoms with Gasteiger partial charge in [-0.3, -0.25) is 0 Å². The van der Waals surface area contributed by atoms with Gasteiger partial charge in [-0.05, 0) is 38.8 Å². The van der Waals surface area contributed by atoms with E-state index in [-0.39, 0.29) is 18.1 Å². The number of aromatic nitrogens is 5. The van der Waals surface area contributed by atoms with Gasteiger partial charge in [-0.1, -0.05) is 0 Å². The van der Waals surface area contributed by atoms with E-state index in [1.165, 1.54) is 12.4 Å². The van der Waals surface area contributed by atoms with Crippen molar-refractivity contribution in [3.05, 3.63) is 36.5 Å². The number of ether oxygens (including phenoxy) is 1. The number of pyridine rings is 1. The van der Waals surface area contributed by atoms with Gasteiger partial charge >= 0.3 is 6.18 Å². The molecule has 4 heterocycles. The first-order valence-electron chi connectivity index (χ1n) is 12.3. The molecule has 0 bridgehead atoms. The smallest absolute Gasteiger partial charge is 0.390 e. The van der Waals surface area contributed by atoms with Gasteiger partial charge in [0.2, 0.25) is 0 Å². The first-order chi connectivity index (χ1) is 17.6. The van der Waals surface area contributed by atoms with Crippen molar-refractivity contribution in [2.24, 2.45) is 5.92 Å². The standard InChI is InChI=1S/C24H30F3N7O3/c1-13(2)37-10-14-7-17(21(36)20(14)35)34-12-31-19-22(29-11-30-23(19)34)32-16-5-6-33(9-16)18-4-3-15(8-28-18)24(25,26)27/h3-4,8,11-14,16-17,20-21,35-36H,5-7,9-10H2,1-2H3,(H,29,30,32)/t14-,16+,17-,20+,21-/m1/s1. The average Bonchev–Trinajstić information content (AvgIpc) is 3.57. The third-order valence-corrected chi connectivity index (χ3v) is 7.06. The predicted octanol–water partition coefficient (Wildman–Crippen LogP) is 2.64. The van der Waals surface area contributed by atoms with E-state index < -0.39 is 30.0 Å². The molecule has 3 N–H and O–H groups in total. The zero-order valence-corrected chi connectivity index (χ0v) is 20.5. The highest BCUT2D eigenvalue weighted by molar-refractivity contribution is 5.83. The minimum atomic E-state index is -4.42. The second-order valence-electron chi connectivity index (χ2n) is 9.95. The van der Waals surface area contributed by atoms with Crippen LogP contribution in [0.5, 0.6) is 0 Å². The van der Waals surface area contributed by atoms with Crippen LogP contribution in [0.3, 0.4) is 0 Å². The van der Waals surface area contributed by atoms with Gasteiger partial charge in [-0.15, -0.1) is 0 Å². The maximum absolute atomic E-state index is 12.8. The van der Waals surface area contributed by atoms with Gasteiger partial charge in [-0.25, -0.2) is 19.9 Å². The topological polar surface area (TPSA) is 121 Å². The number of alkyl halides is 3. The molecule has 13 heteroatoms. The lowest BCUT2D eigenvalue weighted by atomic mass is 10.1. The van der Waals surface area contributed by atoms with Gasteiger partial charge in [0.25, 0.3) is 0 Å². The number of hydrogen-bond donors (Lipinski definition) is 3. The van der Waals surface area contributed by atoms with Crippen molar-refractivity contribution in [3.63, 3.8) is 0 Å². The van der Waals surface area contributed by atoms with Crippen LogP contribution < -0.4 is 10.2 Å². The van der Waals surface area contributed by atoms with E-state index in [2.05, 4.69) is 25.3 Å². The minimum Gasteiger partial charge on any atom is -0.390 e. The SMILES string of the molecule is CC(C)OC[C@H]1C[C@@H](n2cnc3c(N[C@H]4CCN(c5ccc(C(F)(F)F)cn5)C4)ncnc32)[C@@H](O)[C@H]1O. The Balaban J connectivity index is 1.28. The van der Waals surface area contributed by atoms with Gasteiger partial charge in [0.05, 0.1) is 36.7 Å². The van der Waals surface area contributed by atoms with Crippen molar-refractivity contribution in [1.82, 2.24) is 24.5 Å². The summed E-state index contributed by atoms with van der Waals surface area (Å²) in [4.78, 5) is 19.1. The van der Waals surface area contributed by atoms with Gasteiger partial charge in [0.1, 0.15) is 23.8 Å². The van der Waals surface area contributed by atoms with Crippen LogP contribution >= 0.6 is 0 Å². The first kappa shape index (κ1) is 25.6. The van der Waals surface area contributed by atoms with Crippen molar-refractivity contribution in [1.29, 1.82) is 0 Å². The monoisotopic (exact) mass is 521 g/mol. The zero-order chi connectivity index (χ0) is 26.3. The summed E-state index contributed by atoms with van der Waals surface area (Å²) >= 11 is 0. The molecule has 1 saturated carbocycles. The number of anilines is 2. The van der Waals surface area contributed by atoms with Crippen LogP contribution in [0.25, 0.3) is 11.2 Å². The van der Waals surface area contributed by atoms with Crippen molar-refractivity contribution < 1.29 is 28.1 Å². The molecule has 5 atom stereocenters. The number of halogens is 3. The molecule has 2 fully saturated rings. The third kappa shape index (κ3) is 5.20. The van der Waals surface area contributed by atoms with E-state index in [0.29, 0.717) is 48.9 Å². The van der Waals surface area contributed by atoms with Crippen LogP contribution in [0.1, 0.15) is 38.3 Å². The van der Waals surface area contributed by atoms with Crippen molar-refractivity contribution in [2.75, 3.05) is 29.9 Å². The summed E-state index contributed by atoms with van der Waals surface area (Å²) in [5.41, 5.74) is 0.304. The molecule has 0 amide bonds. The van der Waals surface area contributed by atoms with Crippen LogP contribution in [0.4, 0.5) is 24.8 Å². The molecule has 3 aromatic heterocycles. The number of fused-ring (bicyclic) bond motifs is 1. The molecule has 200 valence electrons. The maximum atomic E-state index is 12.8. The highest BCUT2D eigenvalue weighted by Gasteiger charge is 2.43. The highest BCUT2D eigenvalue weighted by Crippen LogP contribution is 2.38. The molecule has 0 spiro atoms. The minimum absolute atomic E-state index is 0.0243. The Hall–Kier alpha value is -3.03. The fourth-order valence-electron chi connectivity index (χ4n) is 5.08. The Morgan fingerprint density at radius 1 is 1.14 bits per heavy atom. The fraction of sp³-hybridized carbons (Fsp3) is 0.583. The molecule has 1 aliphatic heterocycles. The summed E-state index contributed by atoms with van der Waals surface area (Å²) in [6, 6.07) is 1.99. The number of rotatable bonds is 7. The lowest BCUT2D eigenvalue weighted by Crippen LogP contribution is -2.31. The van der Waals surface area contributed by atoms with Crippen LogP contribution in [0.2, 0.25) is 0 Å². The largest absolute Gasteiger partial charge is 0.417 e. The molecule has 1 saturated heterocycles. The average molecular weight is 522 g/mol. The van der Waals surface area contributed by atoms with Crippen molar-refractivity contribution in [3.8, 4) is 0 Å². The Bertz CT molecular complexity index is 1220. The molecule has 0 unspecified atom stereocenters. The van der Waals surface area contributed by atoms with Crippen LogP contribution in [0, 0.1) is 5.92 Å². The van der Waals surface area contributed by atoms with Crippen molar-refractivity contribution in [2.45, 2.75) is 63.3 Å². The molecule has 5 rings (SSSR count). The molecule has 2 aliphatic rings. The van der Waals surface area contributed by atoms with E-state index >= 15 is 0 Å². The fourth-order valence-corrected chi connectivity index (χ4v) is 5.08. The number of aliphatic hydroxyl groups is 2. The molecular weight excluding hydrogens is 491 g/mol. The van der Waals surface area contributed by atoms with Crippen molar-refractivity contribution >= 4 is 22.8 Å². The maximum Gasteiger partial charge on any atom is 0.417 e. The summed E-state index contributed by atoms with van der Waals surface area (Å²) < 4.78 is 46.0. The number of aliphatic hydroxyl groups excluding tert-OH is 2. The number of imidazole rings is 1. The summed E-state index contributed by atoms with van der Waals surface area (Å²) in [6.07, 6.45) is -1.16. The van der Waals surface area contributed by atoms with Crippen LogP contribution in [-0.4, -0.2) is 78.8 Å². The van der Waals surface area contributed by atoms with E-state index in [0.717, 1.165) is 18.7 Å². The Labute approximate surface area is 211 Å². The lowest BCUT2D eigenvalue weighted by molar-refractivity contribution is -0.137. The molecule has 1 aliphatic carbocycles.